The van der Waals surface area contributed by atoms with Gasteiger partial charge in [-0.15, -0.1) is 0 Å². The molecule has 0 spiro atoms. The van der Waals surface area contributed by atoms with Crippen LogP contribution in [0, 0.1) is 11.6 Å². The molecular weight excluding hydrogens is 342 g/mol. The van der Waals surface area contributed by atoms with E-state index in [0.717, 1.165) is 38.0 Å². The molecule has 1 saturated heterocycles. The van der Waals surface area contributed by atoms with E-state index < -0.39 is 11.6 Å². The van der Waals surface area contributed by atoms with Gasteiger partial charge in [0.15, 0.2) is 11.6 Å². The van der Waals surface area contributed by atoms with Crippen molar-refractivity contribution in [3.8, 4) is 0 Å². The molecule has 1 N–H and O–H groups in total. The molecule has 4 heteroatoms. The molecule has 0 atom stereocenters. The van der Waals surface area contributed by atoms with Crippen molar-refractivity contribution in [2.75, 3.05) is 13.1 Å². The normalized spacial score (nSPS) is 16.1. The summed E-state index contributed by atoms with van der Waals surface area (Å²) in [5.41, 5.74) is 2.16. The van der Waals surface area contributed by atoms with Crippen LogP contribution in [0.1, 0.15) is 24.0 Å². The van der Waals surface area contributed by atoms with Gasteiger partial charge in [-0.2, -0.15) is 0 Å². The Balaban J connectivity index is 1.30. The Labute approximate surface area is 158 Å². The first-order valence-electron chi connectivity index (χ1n) is 9.55. The van der Waals surface area contributed by atoms with E-state index >= 15 is 0 Å². The zero-order valence-corrected chi connectivity index (χ0v) is 15.3. The van der Waals surface area contributed by atoms with Crippen molar-refractivity contribution in [1.82, 2.24) is 10.2 Å². The zero-order valence-electron chi connectivity index (χ0n) is 15.3. The number of fused-ring (bicyclic) bond motifs is 1. The lowest BCUT2D eigenvalue weighted by Gasteiger charge is -2.32. The van der Waals surface area contributed by atoms with E-state index in [2.05, 4.69) is 52.7 Å². The summed E-state index contributed by atoms with van der Waals surface area (Å²) < 4.78 is 26.4. The number of rotatable bonds is 5. The summed E-state index contributed by atoms with van der Waals surface area (Å²) in [4.78, 5) is 2.31. The van der Waals surface area contributed by atoms with Gasteiger partial charge in [0.1, 0.15) is 0 Å². The highest BCUT2D eigenvalue weighted by Crippen LogP contribution is 2.20. The van der Waals surface area contributed by atoms with E-state index in [4.69, 9.17) is 0 Å². The number of piperidine rings is 1. The minimum absolute atomic E-state index is 0.491. The van der Waals surface area contributed by atoms with Gasteiger partial charge in [-0.25, -0.2) is 8.78 Å². The topological polar surface area (TPSA) is 15.3 Å². The molecule has 140 valence electrons. The molecule has 0 aliphatic carbocycles. The van der Waals surface area contributed by atoms with Gasteiger partial charge in [-0.3, -0.25) is 4.90 Å². The fourth-order valence-corrected chi connectivity index (χ4v) is 3.89. The highest BCUT2D eigenvalue weighted by molar-refractivity contribution is 5.85. The Morgan fingerprint density at radius 2 is 1.67 bits per heavy atom. The van der Waals surface area contributed by atoms with Crippen LogP contribution in [0.2, 0.25) is 0 Å². The van der Waals surface area contributed by atoms with Crippen LogP contribution in [0.5, 0.6) is 0 Å². The average Bonchev–Trinajstić information content (AvgIpc) is 2.70. The first kappa shape index (κ1) is 18.1. The number of nitrogens with one attached hydrogen (secondary N) is 1. The third kappa shape index (κ3) is 4.34. The molecule has 1 aliphatic rings. The molecule has 0 amide bonds. The van der Waals surface area contributed by atoms with Gasteiger partial charge >= 0.3 is 0 Å². The van der Waals surface area contributed by atoms with Crippen LogP contribution in [0.3, 0.4) is 0 Å². The Kier molecular flexibility index (Phi) is 5.46. The van der Waals surface area contributed by atoms with E-state index in [1.54, 1.807) is 6.07 Å². The minimum atomic E-state index is -0.782. The molecule has 4 rings (SSSR count). The van der Waals surface area contributed by atoms with Crippen LogP contribution in [-0.4, -0.2) is 24.0 Å². The third-order valence-corrected chi connectivity index (χ3v) is 5.44. The molecule has 1 fully saturated rings. The Hall–Kier alpha value is -2.30. The van der Waals surface area contributed by atoms with Crippen LogP contribution in [0.4, 0.5) is 8.78 Å². The molecule has 0 radical (unpaired) electrons. The summed E-state index contributed by atoms with van der Waals surface area (Å²) in [5, 5.41) is 6.28. The predicted octanol–water partition coefficient (Wildman–Crippen LogP) is 4.87. The lowest BCUT2D eigenvalue weighted by atomic mass is 10.0. The maximum atomic E-state index is 13.4. The summed E-state index contributed by atoms with van der Waals surface area (Å²) in [6.07, 6.45) is 2.13. The number of hydrogen-bond acceptors (Lipinski definition) is 2. The molecule has 0 saturated carbocycles. The maximum absolute atomic E-state index is 13.4. The molecule has 2 nitrogen and oxygen atoms in total. The van der Waals surface area contributed by atoms with Crippen molar-refractivity contribution in [3.63, 3.8) is 0 Å². The van der Waals surface area contributed by atoms with Crippen LogP contribution < -0.4 is 5.32 Å². The fraction of sp³-hybridized carbons (Fsp3) is 0.304. The van der Waals surface area contributed by atoms with E-state index in [1.165, 1.54) is 28.5 Å². The second-order valence-corrected chi connectivity index (χ2v) is 7.32. The number of hydrogen-bond donors (Lipinski definition) is 1. The molecule has 1 heterocycles. The lowest BCUT2D eigenvalue weighted by Crippen LogP contribution is -2.41. The predicted molar refractivity (Wildman–Crippen MR) is 105 cm³/mol. The van der Waals surface area contributed by atoms with Crippen LogP contribution in [0.25, 0.3) is 10.8 Å². The van der Waals surface area contributed by atoms with Crippen LogP contribution >= 0.6 is 0 Å². The number of likely N-dealkylation sites (tertiary alicyclic amines) is 1. The van der Waals surface area contributed by atoms with E-state index in [0.29, 0.717) is 12.6 Å². The summed E-state index contributed by atoms with van der Waals surface area (Å²) in [6.45, 7) is 3.47. The largest absolute Gasteiger partial charge is 0.310 e. The van der Waals surface area contributed by atoms with Crippen molar-refractivity contribution < 1.29 is 8.78 Å². The number of nitrogens with zero attached hydrogens (tertiary/aromatic N) is 1. The number of benzene rings is 3. The fourth-order valence-electron chi connectivity index (χ4n) is 3.89. The zero-order chi connectivity index (χ0) is 18.6. The highest BCUT2D eigenvalue weighted by atomic mass is 19.2. The maximum Gasteiger partial charge on any atom is 0.159 e. The van der Waals surface area contributed by atoms with Crippen molar-refractivity contribution in [2.24, 2.45) is 0 Å². The van der Waals surface area contributed by atoms with Gasteiger partial charge in [0, 0.05) is 19.1 Å². The average molecular weight is 366 g/mol. The molecule has 0 bridgehead atoms. The van der Waals surface area contributed by atoms with E-state index in [9.17, 15) is 8.78 Å². The van der Waals surface area contributed by atoms with Crippen molar-refractivity contribution in [2.45, 2.75) is 32.0 Å². The van der Waals surface area contributed by atoms with Gasteiger partial charge in [-0.1, -0.05) is 48.5 Å². The second-order valence-electron chi connectivity index (χ2n) is 7.32. The summed E-state index contributed by atoms with van der Waals surface area (Å²) in [5.74, 6) is -1.55. The quantitative estimate of drug-likeness (QED) is 0.693. The first-order valence-corrected chi connectivity index (χ1v) is 9.55. The molecule has 0 unspecified atom stereocenters. The van der Waals surface area contributed by atoms with Gasteiger partial charge in [0.05, 0.1) is 0 Å². The smallest absolute Gasteiger partial charge is 0.159 e. The van der Waals surface area contributed by atoms with Crippen molar-refractivity contribution >= 4 is 10.8 Å². The summed E-state index contributed by atoms with van der Waals surface area (Å²) in [7, 11) is 0. The summed E-state index contributed by atoms with van der Waals surface area (Å²) in [6, 6.07) is 19.6. The van der Waals surface area contributed by atoms with E-state index in [1.807, 2.05) is 0 Å². The highest BCUT2D eigenvalue weighted by Gasteiger charge is 2.19. The van der Waals surface area contributed by atoms with Gasteiger partial charge in [-0.05, 0) is 60.0 Å². The molecule has 3 aromatic rings. The van der Waals surface area contributed by atoms with Gasteiger partial charge < -0.3 is 5.32 Å². The molecule has 0 aromatic heterocycles. The van der Waals surface area contributed by atoms with Crippen LogP contribution in [0.15, 0.2) is 60.7 Å². The molecule has 3 aromatic carbocycles. The Morgan fingerprint density at radius 3 is 2.48 bits per heavy atom. The standard InChI is InChI=1S/C23H24F2N2/c24-22-9-8-17(14-23(22)25)16-27-12-10-20(11-13-27)26-15-19-6-3-5-18-4-1-2-7-21(18)19/h1-9,14,20,26H,10-13,15-16H2. The van der Waals surface area contributed by atoms with Crippen molar-refractivity contribution in [3.05, 3.63) is 83.4 Å². The molecular formula is C23H24F2N2. The van der Waals surface area contributed by atoms with Crippen molar-refractivity contribution in [1.29, 1.82) is 0 Å². The van der Waals surface area contributed by atoms with E-state index in [-0.39, 0.29) is 0 Å². The SMILES string of the molecule is Fc1ccc(CN2CCC(NCc3cccc4ccccc34)CC2)cc1F. The minimum Gasteiger partial charge on any atom is -0.310 e. The first-order chi connectivity index (χ1) is 13.2. The van der Waals surface area contributed by atoms with Crippen LogP contribution in [-0.2, 0) is 13.1 Å². The molecule has 27 heavy (non-hydrogen) atoms. The third-order valence-electron chi connectivity index (χ3n) is 5.44. The monoisotopic (exact) mass is 366 g/mol. The second kappa shape index (κ2) is 8.15. The van der Waals surface area contributed by atoms with Gasteiger partial charge in [0.25, 0.3) is 0 Å². The Morgan fingerprint density at radius 1 is 0.889 bits per heavy atom. The van der Waals surface area contributed by atoms with Gasteiger partial charge in [0.2, 0.25) is 0 Å². The molecule has 1 aliphatic heterocycles. The number of halogens is 2. The lowest BCUT2D eigenvalue weighted by molar-refractivity contribution is 0.190. The Bertz CT molecular complexity index is 912. The summed E-state index contributed by atoms with van der Waals surface area (Å²) >= 11 is 0.